The van der Waals surface area contributed by atoms with E-state index in [0.717, 1.165) is 11.3 Å². The molecule has 2 N–H and O–H groups in total. The summed E-state index contributed by atoms with van der Waals surface area (Å²) < 4.78 is 0. The van der Waals surface area contributed by atoms with E-state index in [4.69, 9.17) is 10.4 Å². The van der Waals surface area contributed by atoms with Crippen LogP contribution in [-0.2, 0) is 4.79 Å². The third kappa shape index (κ3) is 1.77. The van der Waals surface area contributed by atoms with Crippen LogP contribution in [0.2, 0.25) is 0 Å². The summed E-state index contributed by atoms with van der Waals surface area (Å²) in [5.41, 5.74) is 2.46. The molecule has 0 spiro atoms. The monoisotopic (exact) mass is 202 g/mol. The van der Waals surface area contributed by atoms with Gasteiger partial charge in [0.05, 0.1) is 18.1 Å². The van der Waals surface area contributed by atoms with Gasteiger partial charge in [0, 0.05) is 18.2 Å². The topological polar surface area (TPSA) is 73.1 Å². The zero-order valence-electron chi connectivity index (χ0n) is 8.03. The number of carbonyl (C=O) groups is 1. The number of aliphatic carboxylic acids is 1. The molecule has 1 aliphatic heterocycles. The molecule has 4 nitrogen and oxygen atoms in total. The van der Waals surface area contributed by atoms with Gasteiger partial charge in [-0.2, -0.15) is 5.26 Å². The van der Waals surface area contributed by atoms with Gasteiger partial charge in [0.1, 0.15) is 0 Å². The number of anilines is 1. The maximum Gasteiger partial charge on any atom is 0.304 e. The minimum atomic E-state index is -0.808. The summed E-state index contributed by atoms with van der Waals surface area (Å²) in [6.45, 7) is 0.635. The number of hydrogen-bond acceptors (Lipinski definition) is 3. The Bertz CT molecular complexity index is 448. The van der Waals surface area contributed by atoms with Gasteiger partial charge in [0.15, 0.2) is 0 Å². The molecule has 0 saturated carbocycles. The van der Waals surface area contributed by atoms with Crippen molar-refractivity contribution in [3.05, 3.63) is 29.3 Å². The summed E-state index contributed by atoms with van der Waals surface area (Å²) in [4.78, 5) is 10.6. The molecule has 15 heavy (non-hydrogen) atoms. The summed E-state index contributed by atoms with van der Waals surface area (Å²) in [5, 5.41) is 20.6. The van der Waals surface area contributed by atoms with Crippen LogP contribution in [0.3, 0.4) is 0 Å². The molecule has 1 aromatic rings. The van der Waals surface area contributed by atoms with Crippen molar-refractivity contribution < 1.29 is 9.90 Å². The first-order chi connectivity index (χ1) is 7.20. The molecular weight excluding hydrogens is 192 g/mol. The van der Waals surface area contributed by atoms with Crippen LogP contribution in [0.5, 0.6) is 0 Å². The van der Waals surface area contributed by atoms with Gasteiger partial charge < -0.3 is 10.4 Å². The lowest BCUT2D eigenvalue weighted by molar-refractivity contribution is -0.137. The summed E-state index contributed by atoms with van der Waals surface area (Å²) in [6.07, 6.45) is 0.106. The number of carboxylic acid groups (broad SMARTS) is 1. The van der Waals surface area contributed by atoms with Crippen LogP contribution in [-0.4, -0.2) is 17.6 Å². The number of fused-ring (bicyclic) bond motifs is 1. The fraction of sp³-hybridized carbons (Fsp3) is 0.273. The predicted molar refractivity (Wildman–Crippen MR) is 54.6 cm³/mol. The first-order valence-electron chi connectivity index (χ1n) is 4.70. The van der Waals surface area contributed by atoms with Crippen LogP contribution < -0.4 is 5.32 Å². The molecule has 76 valence electrons. The van der Waals surface area contributed by atoms with Crippen molar-refractivity contribution in [2.24, 2.45) is 0 Å². The lowest BCUT2D eigenvalue weighted by Gasteiger charge is -2.06. The Morgan fingerprint density at radius 3 is 3.13 bits per heavy atom. The molecule has 0 aliphatic carbocycles. The standard InChI is InChI=1S/C11H10N2O2/c12-5-7-1-2-10-9(3-7)8(6-13-10)4-11(14)15/h1-3,8,13H,4,6H2,(H,14,15)/t8-/m1/s1. The summed E-state index contributed by atoms with van der Waals surface area (Å²) in [6, 6.07) is 7.38. The highest BCUT2D eigenvalue weighted by Crippen LogP contribution is 2.34. The Morgan fingerprint density at radius 2 is 2.47 bits per heavy atom. The van der Waals surface area contributed by atoms with E-state index in [1.807, 2.05) is 6.07 Å². The Hall–Kier alpha value is -2.02. The maximum absolute atomic E-state index is 10.6. The van der Waals surface area contributed by atoms with Gasteiger partial charge in [0.2, 0.25) is 0 Å². The van der Waals surface area contributed by atoms with Gasteiger partial charge in [-0.1, -0.05) is 0 Å². The highest BCUT2D eigenvalue weighted by molar-refractivity contribution is 5.71. The first-order valence-corrected chi connectivity index (χ1v) is 4.70. The Labute approximate surface area is 87.1 Å². The molecule has 4 heteroatoms. The average molecular weight is 202 g/mol. The molecule has 0 radical (unpaired) electrons. The van der Waals surface area contributed by atoms with Crippen LogP contribution in [0, 0.1) is 11.3 Å². The van der Waals surface area contributed by atoms with E-state index in [1.165, 1.54) is 0 Å². The Morgan fingerprint density at radius 1 is 1.67 bits per heavy atom. The van der Waals surface area contributed by atoms with E-state index in [2.05, 4.69) is 11.4 Å². The summed E-state index contributed by atoms with van der Waals surface area (Å²) in [5.74, 6) is -0.831. The highest BCUT2D eigenvalue weighted by atomic mass is 16.4. The molecule has 0 saturated heterocycles. The SMILES string of the molecule is N#Cc1ccc2c(c1)[C@H](CC(=O)O)CN2. The fourth-order valence-corrected chi connectivity index (χ4v) is 1.87. The molecule has 0 bridgehead atoms. The molecule has 2 rings (SSSR count). The number of nitrogens with zero attached hydrogens (tertiary/aromatic N) is 1. The first kappa shape index (κ1) is 9.53. The molecule has 0 unspecified atom stereocenters. The van der Waals surface area contributed by atoms with E-state index in [9.17, 15) is 4.79 Å². The van der Waals surface area contributed by atoms with Crippen LogP contribution in [0.25, 0.3) is 0 Å². The van der Waals surface area contributed by atoms with Gasteiger partial charge in [-0.25, -0.2) is 0 Å². The van der Waals surface area contributed by atoms with Crippen molar-refractivity contribution in [2.45, 2.75) is 12.3 Å². The number of benzene rings is 1. The van der Waals surface area contributed by atoms with Crippen LogP contribution >= 0.6 is 0 Å². The predicted octanol–water partition coefficient (Wildman–Crippen LogP) is 1.54. The molecule has 1 aromatic carbocycles. The van der Waals surface area contributed by atoms with Crippen molar-refractivity contribution in [3.63, 3.8) is 0 Å². The highest BCUT2D eigenvalue weighted by Gasteiger charge is 2.24. The van der Waals surface area contributed by atoms with Crippen molar-refractivity contribution in [2.75, 3.05) is 11.9 Å². The number of hydrogen-bond donors (Lipinski definition) is 2. The van der Waals surface area contributed by atoms with E-state index < -0.39 is 5.97 Å². The van der Waals surface area contributed by atoms with Gasteiger partial charge in [0.25, 0.3) is 0 Å². The zero-order valence-corrected chi connectivity index (χ0v) is 8.03. The minimum Gasteiger partial charge on any atom is -0.481 e. The van der Waals surface area contributed by atoms with Gasteiger partial charge in [-0.05, 0) is 23.8 Å². The van der Waals surface area contributed by atoms with Gasteiger partial charge in [-0.15, -0.1) is 0 Å². The molecule has 0 amide bonds. The van der Waals surface area contributed by atoms with E-state index >= 15 is 0 Å². The molecule has 0 aromatic heterocycles. The Kier molecular flexibility index (Phi) is 2.30. The number of nitriles is 1. The lowest BCUT2D eigenvalue weighted by atomic mass is 9.96. The normalized spacial score (nSPS) is 17.7. The van der Waals surface area contributed by atoms with E-state index in [1.54, 1.807) is 12.1 Å². The number of carboxylic acids is 1. The summed E-state index contributed by atoms with van der Waals surface area (Å²) >= 11 is 0. The van der Waals surface area contributed by atoms with Crippen LogP contribution in [0.4, 0.5) is 5.69 Å². The second-order valence-electron chi connectivity index (χ2n) is 3.59. The van der Waals surface area contributed by atoms with Crippen molar-refractivity contribution >= 4 is 11.7 Å². The van der Waals surface area contributed by atoms with Crippen LogP contribution in [0.1, 0.15) is 23.5 Å². The minimum absolute atomic E-state index is 0.0224. The second kappa shape index (κ2) is 3.62. The maximum atomic E-state index is 10.6. The average Bonchev–Trinajstić information content (AvgIpc) is 2.60. The molecule has 1 heterocycles. The summed E-state index contributed by atoms with van der Waals surface area (Å²) in [7, 11) is 0. The third-order valence-corrected chi connectivity index (χ3v) is 2.58. The molecule has 1 aliphatic rings. The number of rotatable bonds is 2. The van der Waals surface area contributed by atoms with E-state index in [0.29, 0.717) is 12.1 Å². The quantitative estimate of drug-likeness (QED) is 0.763. The van der Waals surface area contributed by atoms with Gasteiger partial charge >= 0.3 is 5.97 Å². The molecule has 0 fully saturated rings. The number of nitrogens with one attached hydrogen (secondary N) is 1. The largest absolute Gasteiger partial charge is 0.481 e. The Balaban J connectivity index is 2.32. The smallest absolute Gasteiger partial charge is 0.304 e. The molecule has 1 atom stereocenters. The van der Waals surface area contributed by atoms with E-state index in [-0.39, 0.29) is 12.3 Å². The van der Waals surface area contributed by atoms with Gasteiger partial charge in [-0.3, -0.25) is 4.79 Å². The molecular formula is C11H10N2O2. The zero-order chi connectivity index (χ0) is 10.8. The van der Waals surface area contributed by atoms with Crippen molar-refractivity contribution in [1.82, 2.24) is 0 Å². The lowest BCUT2D eigenvalue weighted by Crippen LogP contribution is -2.08. The van der Waals surface area contributed by atoms with Crippen molar-refractivity contribution in [3.8, 4) is 6.07 Å². The fourth-order valence-electron chi connectivity index (χ4n) is 1.87. The second-order valence-corrected chi connectivity index (χ2v) is 3.59. The van der Waals surface area contributed by atoms with Crippen molar-refractivity contribution in [1.29, 1.82) is 5.26 Å². The van der Waals surface area contributed by atoms with Crippen LogP contribution in [0.15, 0.2) is 18.2 Å². The third-order valence-electron chi connectivity index (χ3n) is 2.58.